The standard InChI is InChI=1S/C14H12ClF3N4O4S/c1-22-5-11(19-7-22)27(24,25)20-6-13(14(16,17)18)9-4-8(15)2-3-10(9)21-12(23)26-13/h2-5,7,20H,6H2,1H3,(H,21,23). The molecule has 8 nitrogen and oxygen atoms in total. The Kier molecular flexibility index (Phi) is 4.60. The van der Waals surface area contributed by atoms with Gasteiger partial charge in [0.2, 0.25) is 5.60 Å². The number of rotatable bonds is 4. The SMILES string of the molecule is Cn1cnc(S(=O)(=O)NCC2(C(F)(F)F)OC(=O)Nc3ccc(Cl)cc32)c1. The lowest BCUT2D eigenvalue weighted by molar-refractivity contribution is -0.261. The summed E-state index contributed by atoms with van der Waals surface area (Å²) in [5.74, 6) is 0. The van der Waals surface area contributed by atoms with Crippen molar-refractivity contribution >= 4 is 33.4 Å². The molecule has 1 amide bonds. The number of halogens is 4. The van der Waals surface area contributed by atoms with E-state index >= 15 is 0 Å². The van der Waals surface area contributed by atoms with Crippen molar-refractivity contribution in [3.63, 3.8) is 0 Å². The summed E-state index contributed by atoms with van der Waals surface area (Å²) >= 11 is 5.79. The summed E-state index contributed by atoms with van der Waals surface area (Å²) in [5.41, 5.74) is -3.98. The number of carbonyl (C=O) groups is 1. The molecule has 0 saturated carbocycles. The molecule has 1 atom stereocenters. The first kappa shape index (κ1) is 19.5. The Labute approximate surface area is 156 Å². The third-order valence-corrected chi connectivity index (χ3v) is 5.37. The summed E-state index contributed by atoms with van der Waals surface area (Å²) in [6.45, 7) is -1.30. The highest BCUT2D eigenvalue weighted by Crippen LogP contribution is 2.48. The zero-order chi connectivity index (χ0) is 20.0. The van der Waals surface area contributed by atoms with E-state index in [2.05, 4.69) is 15.0 Å². The molecule has 0 radical (unpaired) electrons. The molecule has 27 heavy (non-hydrogen) atoms. The van der Waals surface area contributed by atoms with Crippen LogP contribution in [-0.2, 0) is 27.4 Å². The van der Waals surface area contributed by atoms with Crippen molar-refractivity contribution in [2.24, 2.45) is 7.05 Å². The van der Waals surface area contributed by atoms with Gasteiger partial charge in [0.15, 0.2) is 5.03 Å². The topological polar surface area (TPSA) is 102 Å². The van der Waals surface area contributed by atoms with E-state index in [9.17, 15) is 26.4 Å². The minimum absolute atomic E-state index is 0.0466. The van der Waals surface area contributed by atoms with Crippen molar-refractivity contribution in [2.75, 3.05) is 11.9 Å². The summed E-state index contributed by atoms with van der Waals surface area (Å²) < 4.78 is 74.1. The van der Waals surface area contributed by atoms with Crippen LogP contribution in [0.1, 0.15) is 5.56 Å². The Morgan fingerprint density at radius 3 is 2.70 bits per heavy atom. The molecule has 2 heterocycles. The van der Waals surface area contributed by atoms with E-state index in [1.54, 1.807) is 0 Å². The Morgan fingerprint density at radius 2 is 2.11 bits per heavy atom. The van der Waals surface area contributed by atoms with Crippen LogP contribution in [0.25, 0.3) is 0 Å². The van der Waals surface area contributed by atoms with E-state index in [4.69, 9.17) is 11.6 Å². The first-order valence-electron chi connectivity index (χ1n) is 7.29. The molecule has 1 aromatic heterocycles. The molecule has 0 aliphatic carbocycles. The normalized spacial score (nSPS) is 20.0. The van der Waals surface area contributed by atoms with Gasteiger partial charge in [-0.05, 0) is 18.2 Å². The highest BCUT2D eigenvalue weighted by atomic mass is 35.5. The predicted octanol–water partition coefficient (Wildman–Crippen LogP) is 2.37. The number of carbonyl (C=O) groups excluding carboxylic acids is 1. The molecule has 0 bridgehead atoms. The monoisotopic (exact) mass is 424 g/mol. The van der Waals surface area contributed by atoms with Gasteiger partial charge in [-0.2, -0.15) is 13.2 Å². The number of amides is 1. The third-order valence-electron chi connectivity index (χ3n) is 3.85. The number of ether oxygens (including phenoxy) is 1. The van der Waals surface area contributed by atoms with Crippen molar-refractivity contribution in [1.29, 1.82) is 0 Å². The molecule has 1 aliphatic rings. The van der Waals surface area contributed by atoms with E-state index < -0.39 is 45.0 Å². The molecule has 0 saturated heterocycles. The molecule has 0 spiro atoms. The van der Waals surface area contributed by atoms with Gasteiger partial charge in [0.1, 0.15) is 0 Å². The van der Waals surface area contributed by atoms with Gasteiger partial charge in [-0.25, -0.2) is 22.9 Å². The summed E-state index contributed by atoms with van der Waals surface area (Å²) in [6.07, 6.45) is -4.23. The van der Waals surface area contributed by atoms with Crippen LogP contribution in [0.3, 0.4) is 0 Å². The van der Waals surface area contributed by atoms with Gasteiger partial charge < -0.3 is 9.30 Å². The lowest BCUT2D eigenvalue weighted by Gasteiger charge is -2.39. The maximum atomic E-state index is 14.0. The van der Waals surface area contributed by atoms with Crippen LogP contribution in [0, 0.1) is 0 Å². The second-order valence-electron chi connectivity index (χ2n) is 5.73. The van der Waals surface area contributed by atoms with Crippen LogP contribution in [-0.4, -0.2) is 36.8 Å². The fourth-order valence-corrected chi connectivity index (χ4v) is 3.75. The van der Waals surface area contributed by atoms with Crippen LogP contribution in [0.5, 0.6) is 0 Å². The predicted molar refractivity (Wildman–Crippen MR) is 87.7 cm³/mol. The number of fused-ring (bicyclic) bond motifs is 1. The molecular formula is C14H12ClF3N4O4S. The Morgan fingerprint density at radius 1 is 1.41 bits per heavy atom. The summed E-state index contributed by atoms with van der Waals surface area (Å²) in [4.78, 5) is 15.3. The van der Waals surface area contributed by atoms with E-state index in [0.29, 0.717) is 0 Å². The number of nitrogens with zero attached hydrogens (tertiary/aromatic N) is 2. The molecule has 1 unspecified atom stereocenters. The lowest BCUT2D eigenvalue weighted by atomic mass is 9.90. The number of sulfonamides is 1. The molecule has 2 aromatic rings. The quantitative estimate of drug-likeness (QED) is 0.784. The number of aryl methyl sites for hydroxylation is 1. The van der Waals surface area contributed by atoms with Gasteiger partial charge in [-0.15, -0.1) is 0 Å². The van der Waals surface area contributed by atoms with Crippen LogP contribution < -0.4 is 10.0 Å². The summed E-state index contributed by atoms with van der Waals surface area (Å²) in [6, 6.07) is 3.41. The van der Waals surface area contributed by atoms with E-state index in [0.717, 1.165) is 12.3 Å². The smallest absolute Gasteiger partial charge is 0.426 e. The van der Waals surface area contributed by atoms with E-state index in [-0.39, 0.29) is 10.7 Å². The molecule has 146 valence electrons. The highest BCUT2D eigenvalue weighted by Gasteiger charge is 2.62. The molecule has 0 fully saturated rings. The number of benzene rings is 1. The van der Waals surface area contributed by atoms with Crippen molar-refractivity contribution in [3.8, 4) is 0 Å². The Bertz CT molecular complexity index is 1010. The largest absolute Gasteiger partial charge is 0.434 e. The van der Waals surface area contributed by atoms with E-state index in [1.807, 2.05) is 4.72 Å². The molecule has 13 heteroatoms. The van der Waals surface area contributed by atoms with Crippen molar-refractivity contribution in [3.05, 3.63) is 41.3 Å². The molecule has 2 N–H and O–H groups in total. The molecular weight excluding hydrogens is 413 g/mol. The van der Waals surface area contributed by atoms with Crippen molar-refractivity contribution < 1.29 is 31.1 Å². The van der Waals surface area contributed by atoms with Gasteiger partial charge in [-0.1, -0.05) is 11.6 Å². The number of cyclic esters (lactones) is 1. The zero-order valence-electron chi connectivity index (χ0n) is 13.5. The Balaban J connectivity index is 2.05. The second-order valence-corrected chi connectivity index (χ2v) is 7.88. The maximum Gasteiger partial charge on any atom is 0.434 e. The van der Waals surface area contributed by atoms with Crippen molar-refractivity contribution in [2.45, 2.75) is 16.8 Å². The fourth-order valence-electron chi connectivity index (χ4n) is 2.55. The number of alkyl halides is 3. The van der Waals surface area contributed by atoms with Crippen molar-refractivity contribution in [1.82, 2.24) is 14.3 Å². The number of imidazole rings is 1. The van der Waals surface area contributed by atoms with E-state index in [1.165, 1.54) is 30.1 Å². The number of nitrogens with one attached hydrogen (secondary N) is 2. The lowest BCUT2D eigenvalue weighted by Crippen LogP contribution is -2.56. The minimum atomic E-state index is -5.14. The Hall–Kier alpha value is -2.31. The first-order chi connectivity index (χ1) is 12.4. The third kappa shape index (κ3) is 3.47. The van der Waals surface area contributed by atoms with Gasteiger partial charge >= 0.3 is 12.3 Å². The average molecular weight is 425 g/mol. The number of aromatic nitrogens is 2. The van der Waals surface area contributed by atoms with Crippen LogP contribution in [0.2, 0.25) is 5.02 Å². The number of anilines is 1. The number of hydrogen-bond acceptors (Lipinski definition) is 5. The summed E-state index contributed by atoms with van der Waals surface area (Å²) in [7, 11) is -2.90. The van der Waals surface area contributed by atoms with Crippen LogP contribution >= 0.6 is 11.6 Å². The molecule has 3 rings (SSSR count). The van der Waals surface area contributed by atoms with Crippen LogP contribution in [0.4, 0.5) is 23.7 Å². The van der Waals surface area contributed by atoms with Gasteiger partial charge in [0.05, 0.1) is 18.6 Å². The van der Waals surface area contributed by atoms with Gasteiger partial charge in [-0.3, -0.25) is 5.32 Å². The van der Waals surface area contributed by atoms with Crippen LogP contribution in [0.15, 0.2) is 35.7 Å². The highest BCUT2D eigenvalue weighted by molar-refractivity contribution is 7.89. The first-order valence-corrected chi connectivity index (χ1v) is 9.15. The van der Waals surface area contributed by atoms with Gasteiger partial charge in [0.25, 0.3) is 10.0 Å². The minimum Gasteiger partial charge on any atom is -0.426 e. The summed E-state index contributed by atoms with van der Waals surface area (Å²) in [5, 5.41) is 1.61. The fraction of sp³-hybridized carbons (Fsp3) is 0.286. The number of hydrogen-bond donors (Lipinski definition) is 2. The zero-order valence-corrected chi connectivity index (χ0v) is 15.1. The van der Waals surface area contributed by atoms with Gasteiger partial charge in [0, 0.05) is 23.8 Å². The molecule has 1 aromatic carbocycles. The molecule has 1 aliphatic heterocycles. The second kappa shape index (κ2) is 6.39. The maximum absolute atomic E-state index is 14.0. The average Bonchev–Trinajstić information content (AvgIpc) is 2.99.